The van der Waals surface area contributed by atoms with Gasteiger partial charge < -0.3 is 25.2 Å². The van der Waals surface area contributed by atoms with Crippen molar-refractivity contribution in [2.45, 2.75) is 31.3 Å². The molecule has 0 fully saturated rings. The summed E-state index contributed by atoms with van der Waals surface area (Å²) in [5.41, 5.74) is 0. The highest BCUT2D eigenvalue weighted by atomic mass is 16.6. The van der Waals surface area contributed by atoms with Crippen molar-refractivity contribution in [3.63, 3.8) is 0 Å². The van der Waals surface area contributed by atoms with Crippen molar-refractivity contribution < 1.29 is 25.2 Å². The van der Waals surface area contributed by atoms with E-state index in [4.69, 9.17) is 20.4 Å². The molecule has 0 rings (SSSR count). The van der Waals surface area contributed by atoms with Crippen molar-refractivity contribution >= 4 is 6.29 Å². The summed E-state index contributed by atoms with van der Waals surface area (Å²) in [5.74, 6) is 0. The number of aliphatic hydroxyl groups excluding tert-OH is 4. The highest BCUT2D eigenvalue weighted by molar-refractivity contribution is 5.56. The van der Waals surface area contributed by atoms with Crippen molar-refractivity contribution in [3.8, 4) is 0 Å². The number of carbonyl (C=O) groups excluding carboxylic acids is 1. The summed E-state index contributed by atoms with van der Waals surface area (Å²) in [6.45, 7) is 1.24. The van der Waals surface area contributed by atoms with Gasteiger partial charge in [0.25, 0.3) is 0 Å². The first-order valence-electron chi connectivity index (χ1n) is 3.18. The van der Waals surface area contributed by atoms with Gasteiger partial charge in [0.1, 0.15) is 18.3 Å². The third-order valence-corrected chi connectivity index (χ3v) is 1.33. The molecule has 0 spiro atoms. The first kappa shape index (κ1) is 10.5. The van der Waals surface area contributed by atoms with Crippen LogP contribution in [0, 0.1) is 0 Å². The fourth-order valence-corrected chi connectivity index (χ4v) is 0.568. The average molecular weight is 170 g/mol. The first-order chi connectivity index (χ1) is 5.00. The molecule has 5 nitrogen and oxygen atoms in total. The molecule has 0 aromatic heterocycles. The maximum Gasteiger partial charge on any atom is 0.151 e. The van der Waals surface area contributed by atoms with E-state index < -0.39 is 24.4 Å². The van der Waals surface area contributed by atoms with Gasteiger partial charge in [-0.3, -0.25) is 0 Å². The maximum atomic E-state index is 9.87. The number of hydrogen-bond acceptors (Lipinski definition) is 5. The van der Waals surface area contributed by atoms with Crippen molar-refractivity contribution in [1.29, 1.82) is 0 Å². The lowest BCUT2D eigenvalue weighted by Gasteiger charge is -2.21. The van der Waals surface area contributed by atoms with Gasteiger partial charge in [0.05, 0.1) is 6.10 Å². The van der Waals surface area contributed by atoms with E-state index in [1.165, 1.54) is 6.92 Å². The van der Waals surface area contributed by atoms with Crippen LogP contribution in [0.25, 0.3) is 0 Å². The SMILES string of the molecule is [13CH3][13C@H](O)[13C@@H](O)[13C@@H](O)[13C@H](O)[13CH]=O. The molecular weight excluding hydrogens is 158 g/mol. The summed E-state index contributed by atoms with van der Waals surface area (Å²) in [6.07, 6.45) is -5.88. The van der Waals surface area contributed by atoms with E-state index in [-0.39, 0.29) is 6.29 Å². The summed E-state index contributed by atoms with van der Waals surface area (Å²) < 4.78 is 0. The summed E-state index contributed by atoms with van der Waals surface area (Å²) in [4.78, 5) is 9.87. The molecule has 0 heterocycles. The quantitative estimate of drug-likeness (QED) is 0.279. The minimum absolute atomic E-state index is 0.0935. The Balaban J connectivity index is 4.00. The molecule has 0 aliphatic rings. The van der Waals surface area contributed by atoms with E-state index in [1.54, 1.807) is 0 Å². The average Bonchev–Trinajstić information content (AvgIpc) is 2.00. The maximum absolute atomic E-state index is 9.87. The van der Waals surface area contributed by atoms with E-state index in [0.29, 0.717) is 0 Å². The predicted octanol–water partition coefficient (Wildman–Crippen LogP) is -2.35. The highest BCUT2D eigenvalue weighted by Gasteiger charge is 2.27. The molecule has 0 aromatic carbocycles. The lowest BCUT2D eigenvalue weighted by molar-refractivity contribution is -0.132. The molecule has 0 bridgehead atoms. The third kappa shape index (κ3) is 2.94. The minimum atomic E-state index is -1.65. The van der Waals surface area contributed by atoms with Gasteiger partial charge in [-0.15, -0.1) is 0 Å². The topological polar surface area (TPSA) is 98.0 Å². The van der Waals surface area contributed by atoms with E-state index in [9.17, 15) is 4.79 Å². The zero-order valence-electron chi connectivity index (χ0n) is 6.08. The van der Waals surface area contributed by atoms with E-state index >= 15 is 0 Å². The number of hydrogen-bond donors (Lipinski definition) is 4. The lowest BCUT2D eigenvalue weighted by Crippen LogP contribution is -2.43. The smallest absolute Gasteiger partial charge is 0.151 e. The summed E-state index contributed by atoms with van der Waals surface area (Å²) in [6, 6.07) is 0. The van der Waals surface area contributed by atoms with E-state index in [0.717, 1.165) is 0 Å². The molecular formula is C6H12O5. The second kappa shape index (κ2) is 4.40. The van der Waals surface area contributed by atoms with Gasteiger partial charge in [0.2, 0.25) is 0 Å². The largest absolute Gasteiger partial charge is 0.391 e. The van der Waals surface area contributed by atoms with Crippen LogP contribution in [0.15, 0.2) is 0 Å². The number of carbonyl (C=O) groups is 1. The van der Waals surface area contributed by atoms with Gasteiger partial charge in [-0.1, -0.05) is 0 Å². The van der Waals surface area contributed by atoms with Crippen LogP contribution in [0.4, 0.5) is 0 Å². The molecule has 4 atom stereocenters. The van der Waals surface area contributed by atoms with Crippen LogP contribution in [-0.4, -0.2) is 51.1 Å². The van der Waals surface area contributed by atoms with Gasteiger partial charge in [-0.25, -0.2) is 0 Å². The van der Waals surface area contributed by atoms with Crippen molar-refractivity contribution in [2.75, 3.05) is 0 Å². The third-order valence-electron chi connectivity index (χ3n) is 1.33. The van der Waals surface area contributed by atoms with Gasteiger partial charge >= 0.3 is 0 Å². The van der Waals surface area contributed by atoms with E-state index in [1.807, 2.05) is 0 Å². The first-order valence-corrected chi connectivity index (χ1v) is 3.18. The van der Waals surface area contributed by atoms with Crippen LogP contribution < -0.4 is 0 Å². The Hall–Kier alpha value is -0.490. The van der Waals surface area contributed by atoms with Crippen molar-refractivity contribution in [1.82, 2.24) is 0 Å². The van der Waals surface area contributed by atoms with Crippen molar-refractivity contribution in [2.24, 2.45) is 0 Å². The Bertz CT molecular complexity index is 124. The molecule has 0 unspecified atom stereocenters. The molecule has 0 aromatic rings. The van der Waals surface area contributed by atoms with Gasteiger partial charge in [0.15, 0.2) is 6.29 Å². The zero-order valence-corrected chi connectivity index (χ0v) is 6.08. The minimum Gasteiger partial charge on any atom is -0.391 e. The number of aliphatic hydroxyl groups is 4. The normalized spacial score (nSPS) is 21.9. The Morgan fingerprint density at radius 2 is 1.55 bits per heavy atom. The summed E-state index contributed by atoms with van der Waals surface area (Å²) >= 11 is 0. The Morgan fingerprint density at radius 1 is 1.09 bits per heavy atom. The fraction of sp³-hybridized carbons (Fsp3) is 0.833. The van der Waals surface area contributed by atoms with Crippen LogP contribution in [0.2, 0.25) is 0 Å². The molecule has 0 aliphatic carbocycles. The Morgan fingerprint density at radius 3 is 1.82 bits per heavy atom. The fourth-order valence-electron chi connectivity index (χ4n) is 0.568. The van der Waals surface area contributed by atoms with Crippen LogP contribution in [0.3, 0.4) is 0 Å². The molecule has 11 heavy (non-hydrogen) atoms. The Labute approximate surface area is 63.9 Å². The summed E-state index contributed by atoms with van der Waals surface area (Å²) in [5, 5.41) is 35.1. The lowest BCUT2D eigenvalue weighted by atomic mass is 11.0. The van der Waals surface area contributed by atoms with Crippen LogP contribution >= 0.6 is 0 Å². The molecule has 0 saturated carbocycles. The van der Waals surface area contributed by atoms with Gasteiger partial charge in [0, 0.05) is 0 Å². The second-order valence-corrected chi connectivity index (χ2v) is 2.35. The van der Waals surface area contributed by atoms with Crippen LogP contribution in [0.1, 0.15) is 6.92 Å². The molecule has 0 saturated heterocycles. The highest BCUT2D eigenvalue weighted by Crippen LogP contribution is 2.02. The molecule has 0 radical (unpaired) electrons. The summed E-state index contributed by atoms with van der Waals surface area (Å²) in [7, 11) is 0. The predicted molar refractivity (Wildman–Crippen MR) is 35.8 cm³/mol. The van der Waals surface area contributed by atoms with Gasteiger partial charge in [-0.05, 0) is 6.92 Å². The Kier molecular flexibility index (Phi) is 4.20. The molecule has 66 valence electrons. The number of rotatable bonds is 4. The monoisotopic (exact) mass is 170 g/mol. The van der Waals surface area contributed by atoms with E-state index in [2.05, 4.69) is 0 Å². The van der Waals surface area contributed by atoms with Crippen LogP contribution in [0.5, 0.6) is 0 Å². The van der Waals surface area contributed by atoms with Crippen molar-refractivity contribution in [3.05, 3.63) is 0 Å². The molecule has 0 aliphatic heterocycles. The molecule has 4 N–H and O–H groups in total. The second-order valence-electron chi connectivity index (χ2n) is 2.35. The number of aldehydes is 1. The van der Waals surface area contributed by atoms with Crippen LogP contribution in [-0.2, 0) is 4.79 Å². The zero-order chi connectivity index (χ0) is 9.02. The molecule has 0 amide bonds. The standard InChI is InChI=1S/C6H12O5/c1-3(8)5(10)6(11)4(9)2-7/h2-6,8-11H,1H3/t3-,4+,5+,6-/m0/s1/i1+1,2+1,3+1,4+1,5+1,6+1. The van der Waals surface area contributed by atoms with Gasteiger partial charge in [-0.2, -0.15) is 0 Å². The molecule has 5 heteroatoms.